The zero-order chi connectivity index (χ0) is 13.4. The maximum absolute atomic E-state index is 5.76. The van der Waals surface area contributed by atoms with Crippen LogP contribution >= 0.6 is 0 Å². The lowest BCUT2D eigenvalue weighted by atomic mass is 10.1. The first-order chi connectivity index (χ1) is 8.59. The molecule has 1 aromatic rings. The van der Waals surface area contributed by atoms with Gasteiger partial charge in [-0.3, -0.25) is 0 Å². The van der Waals surface area contributed by atoms with E-state index in [0.29, 0.717) is 25.0 Å². The van der Waals surface area contributed by atoms with Crippen molar-refractivity contribution in [2.45, 2.75) is 46.8 Å². The number of furan rings is 1. The van der Waals surface area contributed by atoms with Gasteiger partial charge in [0, 0.05) is 0 Å². The van der Waals surface area contributed by atoms with Gasteiger partial charge in [-0.2, -0.15) is 0 Å². The van der Waals surface area contributed by atoms with Crippen LogP contribution in [-0.2, 0) is 9.47 Å². The molecule has 0 fully saturated rings. The second kappa shape index (κ2) is 8.33. The van der Waals surface area contributed by atoms with E-state index in [-0.39, 0.29) is 6.29 Å². The highest BCUT2D eigenvalue weighted by Crippen LogP contribution is 2.21. The summed E-state index contributed by atoms with van der Waals surface area (Å²) in [7, 11) is 0. The van der Waals surface area contributed by atoms with Crippen molar-refractivity contribution >= 4 is 0 Å². The van der Waals surface area contributed by atoms with Crippen LogP contribution in [0.1, 0.15) is 52.6 Å². The molecule has 0 unspecified atom stereocenters. The molecule has 18 heavy (non-hydrogen) atoms. The maximum Gasteiger partial charge on any atom is 0.217 e. The quantitative estimate of drug-likeness (QED) is 0.612. The van der Waals surface area contributed by atoms with E-state index in [1.165, 1.54) is 0 Å². The van der Waals surface area contributed by atoms with Gasteiger partial charge in [0.25, 0.3) is 0 Å². The number of ether oxygens (including phenoxy) is 2. The smallest absolute Gasteiger partial charge is 0.217 e. The molecular formula is C15H26O3. The second-order valence-corrected chi connectivity index (χ2v) is 5.45. The van der Waals surface area contributed by atoms with Crippen LogP contribution in [0.2, 0.25) is 0 Å². The minimum Gasteiger partial charge on any atom is -0.464 e. The molecule has 3 nitrogen and oxygen atoms in total. The summed E-state index contributed by atoms with van der Waals surface area (Å²) in [4.78, 5) is 0. The summed E-state index contributed by atoms with van der Waals surface area (Å²) >= 11 is 0. The van der Waals surface area contributed by atoms with Gasteiger partial charge in [0.05, 0.1) is 19.5 Å². The third kappa shape index (κ3) is 6.22. The zero-order valence-corrected chi connectivity index (χ0v) is 12.0. The summed E-state index contributed by atoms with van der Waals surface area (Å²) in [5, 5.41) is 0. The Kier molecular flexibility index (Phi) is 7.06. The van der Waals surface area contributed by atoms with Crippen LogP contribution in [0, 0.1) is 11.8 Å². The molecular weight excluding hydrogens is 228 g/mol. The first kappa shape index (κ1) is 15.3. The molecule has 0 aliphatic heterocycles. The molecule has 0 bridgehead atoms. The van der Waals surface area contributed by atoms with Crippen molar-refractivity contribution in [2.75, 3.05) is 13.2 Å². The van der Waals surface area contributed by atoms with Gasteiger partial charge in [-0.05, 0) is 36.8 Å². The molecule has 0 aromatic carbocycles. The van der Waals surface area contributed by atoms with Gasteiger partial charge >= 0.3 is 0 Å². The summed E-state index contributed by atoms with van der Waals surface area (Å²) in [6, 6.07) is 3.76. The zero-order valence-electron chi connectivity index (χ0n) is 12.0. The summed E-state index contributed by atoms with van der Waals surface area (Å²) in [5.41, 5.74) is 0. The average Bonchev–Trinajstić information content (AvgIpc) is 2.79. The summed E-state index contributed by atoms with van der Waals surface area (Å²) < 4.78 is 16.9. The Morgan fingerprint density at radius 3 is 1.94 bits per heavy atom. The van der Waals surface area contributed by atoms with Gasteiger partial charge in [-0.1, -0.05) is 27.7 Å². The molecule has 104 valence electrons. The largest absolute Gasteiger partial charge is 0.464 e. The normalized spacial score (nSPS) is 11.9. The SMILES string of the molecule is CC(C)CCOC(OCCC(C)C)c1ccco1. The molecule has 0 atom stereocenters. The Balaban J connectivity index is 2.38. The Labute approximate surface area is 110 Å². The number of hydrogen-bond donors (Lipinski definition) is 0. The fourth-order valence-electron chi connectivity index (χ4n) is 1.46. The molecule has 3 heteroatoms. The van der Waals surface area contributed by atoms with Crippen molar-refractivity contribution < 1.29 is 13.9 Å². The fourth-order valence-corrected chi connectivity index (χ4v) is 1.46. The predicted octanol–water partition coefficient (Wildman–Crippen LogP) is 4.40. The molecule has 1 aromatic heterocycles. The lowest BCUT2D eigenvalue weighted by molar-refractivity contribution is -0.160. The lowest BCUT2D eigenvalue weighted by Gasteiger charge is -2.18. The molecule has 0 radical (unpaired) electrons. The average molecular weight is 254 g/mol. The monoisotopic (exact) mass is 254 g/mol. The molecule has 0 N–H and O–H groups in total. The second-order valence-electron chi connectivity index (χ2n) is 5.45. The van der Waals surface area contributed by atoms with Crippen LogP contribution in [0.15, 0.2) is 22.8 Å². The van der Waals surface area contributed by atoms with Crippen molar-refractivity contribution in [3.8, 4) is 0 Å². The van der Waals surface area contributed by atoms with Gasteiger partial charge in [0.1, 0.15) is 0 Å². The Morgan fingerprint density at radius 2 is 1.56 bits per heavy atom. The van der Waals surface area contributed by atoms with E-state index in [0.717, 1.165) is 18.6 Å². The van der Waals surface area contributed by atoms with Crippen molar-refractivity contribution in [3.63, 3.8) is 0 Å². The third-order valence-corrected chi connectivity index (χ3v) is 2.70. The van der Waals surface area contributed by atoms with E-state index < -0.39 is 0 Å². The van der Waals surface area contributed by atoms with Gasteiger partial charge in [-0.15, -0.1) is 0 Å². The van der Waals surface area contributed by atoms with E-state index in [4.69, 9.17) is 13.9 Å². The fraction of sp³-hybridized carbons (Fsp3) is 0.733. The van der Waals surface area contributed by atoms with Crippen LogP contribution in [0.4, 0.5) is 0 Å². The summed E-state index contributed by atoms with van der Waals surface area (Å²) in [6.45, 7) is 10.1. The van der Waals surface area contributed by atoms with E-state index in [9.17, 15) is 0 Å². The highest BCUT2D eigenvalue weighted by molar-refractivity contribution is 4.99. The van der Waals surface area contributed by atoms with Crippen LogP contribution in [0.3, 0.4) is 0 Å². The van der Waals surface area contributed by atoms with Crippen LogP contribution in [-0.4, -0.2) is 13.2 Å². The van der Waals surface area contributed by atoms with Crippen molar-refractivity contribution in [3.05, 3.63) is 24.2 Å². The minimum atomic E-state index is -0.363. The number of rotatable bonds is 9. The van der Waals surface area contributed by atoms with Gasteiger partial charge in [-0.25, -0.2) is 0 Å². The van der Waals surface area contributed by atoms with Crippen LogP contribution in [0.5, 0.6) is 0 Å². The number of hydrogen-bond acceptors (Lipinski definition) is 3. The highest BCUT2D eigenvalue weighted by Gasteiger charge is 2.15. The maximum atomic E-state index is 5.76. The molecule has 1 rings (SSSR count). The first-order valence-corrected chi connectivity index (χ1v) is 6.86. The first-order valence-electron chi connectivity index (χ1n) is 6.86. The Bertz CT molecular complexity index is 277. The molecule has 1 heterocycles. The van der Waals surface area contributed by atoms with E-state index in [1.54, 1.807) is 6.26 Å². The van der Waals surface area contributed by atoms with Gasteiger partial charge < -0.3 is 13.9 Å². The molecule has 0 saturated heterocycles. The molecule has 0 saturated carbocycles. The van der Waals surface area contributed by atoms with E-state index in [2.05, 4.69) is 27.7 Å². The Hall–Kier alpha value is -0.800. The lowest BCUT2D eigenvalue weighted by Crippen LogP contribution is -2.12. The van der Waals surface area contributed by atoms with E-state index in [1.807, 2.05) is 12.1 Å². The highest BCUT2D eigenvalue weighted by atomic mass is 16.7. The molecule has 0 spiro atoms. The van der Waals surface area contributed by atoms with Crippen LogP contribution < -0.4 is 0 Å². The molecule has 0 aliphatic rings. The summed E-state index contributed by atoms with van der Waals surface area (Å²) in [5.74, 6) is 2.03. The van der Waals surface area contributed by atoms with Crippen molar-refractivity contribution in [2.24, 2.45) is 11.8 Å². The van der Waals surface area contributed by atoms with Crippen molar-refractivity contribution in [1.29, 1.82) is 0 Å². The topological polar surface area (TPSA) is 31.6 Å². The standard InChI is InChI=1S/C15H26O3/c1-12(2)7-10-17-15(14-6-5-9-16-14)18-11-8-13(3)4/h5-6,9,12-13,15H,7-8,10-11H2,1-4H3. The van der Waals surface area contributed by atoms with Gasteiger partial charge in [0.15, 0.2) is 5.76 Å². The van der Waals surface area contributed by atoms with Crippen molar-refractivity contribution in [1.82, 2.24) is 0 Å². The van der Waals surface area contributed by atoms with Crippen LogP contribution in [0.25, 0.3) is 0 Å². The molecule has 0 aliphatic carbocycles. The minimum absolute atomic E-state index is 0.363. The third-order valence-electron chi connectivity index (χ3n) is 2.70. The molecule has 0 amide bonds. The summed E-state index contributed by atoms with van der Waals surface area (Å²) in [6.07, 6.45) is 3.35. The predicted molar refractivity (Wildman–Crippen MR) is 72.3 cm³/mol. The van der Waals surface area contributed by atoms with E-state index >= 15 is 0 Å². The van der Waals surface area contributed by atoms with Gasteiger partial charge in [0.2, 0.25) is 6.29 Å². The Morgan fingerprint density at radius 1 is 1.00 bits per heavy atom.